The highest BCUT2D eigenvalue weighted by Crippen LogP contribution is 2.27. The molecule has 0 aromatic carbocycles. The van der Waals surface area contributed by atoms with Crippen LogP contribution in [0.5, 0.6) is 0 Å². The first kappa shape index (κ1) is 19.9. The molecule has 0 spiro atoms. The molecule has 1 fully saturated rings. The number of amides is 1. The van der Waals surface area contributed by atoms with E-state index < -0.39 is 24.7 Å². The molecule has 1 saturated heterocycles. The van der Waals surface area contributed by atoms with E-state index in [1.807, 2.05) is 13.8 Å². The van der Waals surface area contributed by atoms with Gasteiger partial charge in [0.15, 0.2) is 0 Å². The lowest BCUT2D eigenvalue weighted by atomic mass is 9.81. The Morgan fingerprint density at radius 2 is 2.04 bits per heavy atom. The maximum absolute atomic E-state index is 12.0. The predicted octanol–water partition coefficient (Wildman–Crippen LogP) is -1.09. The Morgan fingerprint density at radius 3 is 2.57 bits per heavy atom. The van der Waals surface area contributed by atoms with Crippen LogP contribution in [0.4, 0.5) is 0 Å². The van der Waals surface area contributed by atoms with Crippen molar-refractivity contribution in [3.63, 3.8) is 0 Å². The van der Waals surface area contributed by atoms with Crippen LogP contribution >= 0.6 is 0 Å². The van der Waals surface area contributed by atoms with E-state index in [2.05, 4.69) is 10.6 Å². The zero-order valence-electron chi connectivity index (χ0n) is 13.8. The fourth-order valence-electron chi connectivity index (χ4n) is 2.80. The molecule has 132 valence electrons. The average Bonchev–Trinajstić information content (AvgIpc) is 2.87. The zero-order valence-corrected chi connectivity index (χ0v) is 13.8. The monoisotopic (exact) mass is 329 g/mol. The Labute approximate surface area is 137 Å². The number of hydrogen-bond acceptors (Lipinski definition) is 6. The van der Waals surface area contributed by atoms with Gasteiger partial charge in [0.05, 0.1) is 6.04 Å². The first-order valence-corrected chi connectivity index (χ1v) is 8.08. The minimum absolute atomic E-state index is 0.0125. The van der Waals surface area contributed by atoms with Crippen LogP contribution in [0.2, 0.25) is 6.32 Å². The van der Waals surface area contributed by atoms with Crippen LogP contribution in [-0.2, 0) is 9.59 Å². The van der Waals surface area contributed by atoms with Crippen LogP contribution in [0.3, 0.4) is 0 Å². The molecule has 3 atom stereocenters. The molecular weight excluding hydrogens is 301 g/mol. The summed E-state index contributed by atoms with van der Waals surface area (Å²) >= 11 is 0. The van der Waals surface area contributed by atoms with Crippen molar-refractivity contribution in [3.05, 3.63) is 0 Å². The molecule has 7 N–H and O–H groups in total. The van der Waals surface area contributed by atoms with Crippen molar-refractivity contribution in [1.82, 2.24) is 10.6 Å². The number of carbonyl (C=O) groups is 2. The van der Waals surface area contributed by atoms with E-state index in [0.717, 1.165) is 0 Å². The third-order valence-electron chi connectivity index (χ3n) is 4.37. The average molecular weight is 329 g/mol. The molecule has 1 amide bonds. The van der Waals surface area contributed by atoms with Crippen LogP contribution in [0, 0.1) is 5.92 Å². The van der Waals surface area contributed by atoms with Crippen LogP contribution in [0.1, 0.15) is 39.5 Å². The van der Waals surface area contributed by atoms with Crippen LogP contribution < -0.4 is 16.4 Å². The molecule has 0 aromatic heterocycles. The van der Waals surface area contributed by atoms with Gasteiger partial charge in [-0.25, -0.2) is 0 Å². The van der Waals surface area contributed by atoms with Crippen LogP contribution in [0.25, 0.3) is 0 Å². The van der Waals surface area contributed by atoms with Gasteiger partial charge in [-0.15, -0.1) is 0 Å². The molecule has 23 heavy (non-hydrogen) atoms. The van der Waals surface area contributed by atoms with Crippen molar-refractivity contribution in [2.24, 2.45) is 11.7 Å². The minimum atomic E-state index is -1.36. The Morgan fingerprint density at radius 1 is 1.39 bits per heavy atom. The molecule has 1 aliphatic heterocycles. The number of aliphatic carboxylic acids is 1. The molecule has 0 bridgehead atoms. The van der Waals surface area contributed by atoms with Crippen molar-refractivity contribution in [3.8, 4) is 0 Å². The molecule has 1 heterocycles. The van der Waals surface area contributed by atoms with E-state index in [1.54, 1.807) is 0 Å². The summed E-state index contributed by atoms with van der Waals surface area (Å²) in [5, 5.41) is 33.0. The summed E-state index contributed by atoms with van der Waals surface area (Å²) in [5.74, 6) is -1.21. The summed E-state index contributed by atoms with van der Waals surface area (Å²) in [6.45, 7) is 4.09. The highest BCUT2D eigenvalue weighted by molar-refractivity contribution is 6.40. The summed E-state index contributed by atoms with van der Waals surface area (Å²) in [6.07, 6.45) is 1.98. The summed E-state index contributed by atoms with van der Waals surface area (Å²) in [4.78, 5) is 23.6. The van der Waals surface area contributed by atoms with E-state index in [0.29, 0.717) is 32.2 Å². The molecule has 1 rings (SSSR count). The van der Waals surface area contributed by atoms with Gasteiger partial charge >= 0.3 is 13.1 Å². The van der Waals surface area contributed by atoms with Gasteiger partial charge in [0.25, 0.3) is 0 Å². The van der Waals surface area contributed by atoms with E-state index in [1.165, 1.54) is 0 Å². The summed E-state index contributed by atoms with van der Waals surface area (Å²) in [7, 11) is -1.36. The van der Waals surface area contributed by atoms with E-state index in [4.69, 9.17) is 15.8 Å². The van der Waals surface area contributed by atoms with Gasteiger partial charge in [-0.1, -0.05) is 26.7 Å². The third kappa shape index (κ3) is 5.76. The topological polar surface area (TPSA) is 145 Å². The molecule has 1 unspecified atom stereocenters. The van der Waals surface area contributed by atoms with Gasteiger partial charge in [0.1, 0.15) is 5.54 Å². The smallest absolute Gasteiger partial charge is 0.451 e. The predicted molar refractivity (Wildman–Crippen MR) is 86.6 cm³/mol. The van der Waals surface area contributed by atoms with Crippen molar-refractivity contribution < 1.29 is 24.7 Å². The highest BCUT2D eigenvalue weighted by atomic mass is 16.4. The maximum Gasteiger partial charge on any atom is 0.451 e. The first-order chi connectivity index (χ1) is 10.7. The second-order valence-corrected chi connectivity index (χ2v) is 6.67. The number of hydrogen-bond donors (Lipinski definition) is 6. The summed E-state index contributed by atoms with van der Waals surface area (Å²) in [5.41, 5.74) is 4.71. The summed E-state index contributed by atoms with van der Waals surface area (Å²) < 4.78 is 0. The normalized spacial score (nSPS) is 25.4. The van der Waals surface area contributed by atoms with Crippen molar-refractivity contribution in [2.45, 2.75) is 63.5 Å². The number of unbranched alkanes of at least 4 members (excludes halogenated alkanes) is 1. The van der Waals surface area contributed by atoms with E-state index in [-0.39, 0.29) is 24.2 Å². The summed E-state index contributed by atoms with van der Waals surface area (Å²) in [6, 6.07) is -0.882. The van der Waals surface area contributed by atoms with E-state index in [9.17, 15) is 14.7 Å². The SMILES string of the molecule is CC(C)C(N)C(=O)N[C@H]1CN[C@@](CCCCB(O)O)(C(=O)O)C1. The second-order valence-electron chi connectivity index (χ2n) is 6.67. The number of nitrogens with two attached hydrogens (primary N) is 1. The standard InChI is InChI=1S/C14H28BN3O5/c1-9(2)11(16)12(19)18-10-7-14(13(20)21,17-8-10)5-3-4-6-15(22)23/h9-11,17,22-23H,3-8,16H2,1-2H3,(H,18,19)(H,20,21)/t10-,11?,14-/m1/s1. The minimum Gasteiger partial charge on any atom is -0.480 e. The number of carboxylic acids is 1. The Kier molecular flexibility index (Phi) is 7.46. The largest absolute Gasteiger partial charge is 0.480 e. The highest BCUT2D eigenvalue weighted by Gasteiger charge is 2.45. The van der Waals surface area contributed by atoms with Crippen molar-refractivity contribution >= 4 is 19.0 Å². The number of nitrogens with one attached hydrogen (secondary N) is 2. The van der Waals surface area contributed by atoms with Gasteiger partial charge in [0.2, 0.25) is 5.91 Å². The van der Waals surface area contributed by atoms with Gasteiger partial charge in [-0.05, 0) is 25.1 Å². The molecule has 0 radical (unpaired) electrons. The van der Waals surface area contributed by atoms with Gasteiger partial charge < -0.3 is 26.2 Å². The molecular formula is C14H28BN3O5. The molecule has 0 saturated carbocycles. The van der Waals surface area contributed by atoms with Gasteiger partial charge in [0, 0.05) is 12.6 Å². The Balaban J connectivity index is 2.54. The lowest BCUT2D eigenvalue weighted by Gasteiger charge is -2.25. The number of rotatable bonds is 9. The van der Waals surface area contributed by atoms with Gasteiger partial charge in [-0.3, -0.25) is 14.9 Å². The van der Waals surface area contributed by atoms with Crippen molar-refractivity contribution in [1.29, 1.82) is 0 Å². The molecule has 1 aliphatic rings. The molecule has 0 aromatic rings. The fraction of sp³-hybridized carbons (Fsp3) is 0.857. The molecule has 9 heteroatoms. The zero-order chi connectivity index (χ0) is 17.6. The fourth-order valence-corrected chi connectivity index (χ4v) is 2.80. The quantitative estimate of drug-likeness (QED) is 0.233. The van der Waals surface area contributed by atoms with Crippen LogP contribution in [-0.4, -0.2) is 58.3 Å². The Hall–Kier alpha value is -1.16. The second kappa shape index (κ2) is 8.63. The van der Waals surface area contributed by atoms with Gasteiger partial charge in [-0.2, -0.15) is 0 Å². The lowest BCUT2D eigenvalue weighted by Crippen LogP contribution is -2.49. The number of carboxylic acid groups (broad SMARTS) is 1. The number of carbonyl (C=O) groups excluding carboxylic acids is 1. The Bertz CT molecular complexity index is 421. The van der Waals surface area contributed by atoms with Crippen LogP contribution in [0.15, 0.2) is 0 Å². The molecule has 0 aliphatic carbocycles. The lowest BCUT2D eigenvalue weighted by molar-refractivity contribution is -0.144. The van der Waals surface area contributed by atoms with Crippen molar-refractivity contribution in [2.75, 3.05) is 6.54 Å². The maximum atomic E-state index is 12.0. The first-order valence-electron chi connectivity index (χ1n) is 8.08. The molecule has 8 nitrogen and oxygen atoms in total. The third-order valence-corrected chi connectivity index (χ3v) is 4.37. The van der Waals surface area contributed by atoms with E-state index >= 15 is 0 Å².